The van der Waals surface area contributed by atoms with Crippen molar-refractivity contribution in [1.29, 1.82) is 0 Å². The SMILES string of the molecule is O=C(CSc1nnc(-c2cccnc2)n1C1CC1)Nc1ccccc1C(=O)Nc1ccc(F)cc1. The van der Waals surface area contributed by atoms with Crippen molar-refractivity contribution in [2.24, 2.45) is 0 Å². The number of pyridine rings is 1. The van der Waals surface area contributed by atoms with Crippen molar-refractivity contribution < 1.29 is 14.0 Å². The first-order valence-electron chi connectivity index (χ1n) is 11.0. The minimum atomic E-state index is -0.408. The minimum absolute atomic E-state index is 0.103. The first-order chi connectivity index (χ1) is 17.1. The van der Waals surface area contributed by atoms with E-state index in [1.54, 1.807) is 36.7 Å². The maximum atomic E-state index is 13.1. The van der Waals surface area contributed by atoms with Gasteiger partial charge < -0.3 is 10.6 Å². The summed E-state index contributed by atoms with van der Waals surface area (Å²) in [7, 11) is 0. The van der Waals surface area contributed by atoms with Crippen molar-refractivity contribution in [3.63, 3.8) is 0 Å². The van der Waals surface area contributed by atoms with Gasteiger partial charge in [0.2, 0.25) is 5.91 Å². The molecule has 0 spiro atoms. The fourth-order valence-corrected chi connectivity index (χ4v) is 4.37. The number of hydrogen-bond donors (Lipinski definition) is 2. The van der Waals surface area contributed by atoms with Gasteiger partial charge in [0, 0.05) is 29.7 Å². The summed E-state index contributed by atoms with van der Waals surface area (Å²) < 4.78 is 15.2. The maximum Gasteiger partial charge on any atom is 0.257 e. The summed E-state index contributed by atoms with van der Waals surface area (Å²) in [5, 5.41) is 14.8. The van der Waals surface area contributed by atoms with Crippen molar-refractivity contribution in [3.05, 3.63) is 84.4 Å². The summed E-state index contributed by atoms with van der Waals surface area (Å²) in [5.41, 5.74) is 2.02. The van der Waals surface area contributed by atoms with E-state index in [9.17, 15) is 14.0 Å². The van der Waals surface area contributed by atoms with E-state index in [0.29, 0.717) is 28.1 Å². The van der Waals surface area contributed by atoms with E-state index in [1.807, 2.05) is 12.1 Å². The number of para-hydroxylation sites is 1. The molecule has 2 heterocycles. The number of aromatic nitrogens is 4. The van der Waals surface area contributed by atoms with Crippen molar-refractivity contribution in [2.45, 2.75) is 24.0 Å². The first kappa shape index (κ1) is 22.7. The molecule has 35 heavy (non-hydrogen) atoms. The molecule has 2 aromatic heterocycles. The predicted molar refractivity (Wildman–Crippen MR) is 132 cm³/mol. The minimum Gasteiger partial charge on any atom is -0.325 e. The number of hydrogen-bond acceptors (Lipinski definition) is 6. The number of anilines is 2. The smallest absolute Gasteiger partial charge is 0.257 e. The van der Waals surface area contributed by atoms with Crippen LogP contribution in [0.5, 0.6) is 0 Å². The molecule has 5 rings (SSSR count). The number of rotatable bonds is 8. The molecule has 1 aliphatic rings. The van der Waals surface area contributed by atoms with Gasteiger partial charge in [-0.3, -0.25) is 19.1 Å². The van der Waals surface area contributed by atoms with Gasteiger partial charge in [-0.25, -0.2) is 4.39 Å². The van der Waals surface area contributed by atoms with E-state index < -0.39 is 11.7 Å². The summed E-state index contributed by atoms with van der Waals surface area (Å²) in [6.07, 6.45) is 5.54. The number of amides is 2. The van der Waals surface area contributed by atoms with Gasteiger partial charge >= 0.3 is 0 Å². The summed E-state index contributed by atoms with van der Waals surface area (Å²) in [5.74, 6) is -0.226. The van der Waals surface area contributed by atoms with Crippen molar-refractivity contribution in [3.8, 4) is 11.4 Å². The molecule has 0 unspecified atom stereocenters. The molecule has 0 atom stereocenters. The number of carbonyl (C=O) groups excluding carboxylic acids is 2. The topological polar surface area (TPSA) is 102 Å². The Kier molecular flexibility index (Phi) is 6.53. The number of nitrogens with one attached hydrogen (secondary N) is 2. The van der Waals surface area contributed by atoms with Gasteiger partial charge in [-0.2, -0.15) is 0 Å². The van der Waals surface area contributed by atoms with Crippen LogP contribution in [0.2, 0.25) is 0 Å². The lowest BCUT2D eigenvalue weighted by atomic mass is 10.1. The fraction of sp³-hybridized carbons (Fsp3) is 0.160. The Labute approximate surface area is 205 Å². The largest absolute Gasteiger partial charge is 0.325 e. The lowest BCUT2D eigenvalue weighted by Gasteiger charge is -2.12. The van der Waals surface area contributed by atoms with Gasteiger partial charge in [0.15, 0.2) is 11.0 Å². The number of benzene rings is 2. The van der Waals surface area contributed by atoms with Crippen LogP contribution in [0.25, 0.3) is 11.4 Å². The number of thioether (sulfide) groups is 1. The molecule has 8 nitrogen and oxygen atoms in total. The van der Waals surface area contributed by atoms with Crippen molar-refractivity contribution >= 4 is 35.0 Å². The third-order valence-corrected chi connectivity index (χ3v) is 6.32. The Morgan fingerprint density at radius 3 is 2.54 bits per heavy atom. The molecule has 1 aliphatic carbocycles. The molecule has 0 aliphatic heterocycles. The highest BCUT2D eigenvalue weighted by atomic mass is 32.2. The van der Waals surface area contributed by atoms with Crippen LogP contribution in [0.3, 0.4) is 0 Å². The second-order valence-electron chi connectivity index (χ2n) is 7.99. The maximum absolute atomic E-state index is 13.1. The molecule has 0 saturated heterocycles. The number of nitrogens with zero attached hydrogens (tertiary/aromatic N) is 4. The Balaban J connectivity index is 1.26. The Bertz CT molecular complexity index is 1360. The molecule has 4 aromatic rings. The van der Waals surface area contributed by atoms with Gasteiger partial charge in [-0.1, -0.05) is 23.9 Å². The summed E-state index contributed by atoms with van der Waals surface area (Å²) >= 11 is 1.30. The summed E-state index contributed by atoms with van der Waals surface area (Å²) in [6.45, 7) is 0. The number of halogens is 1. The second kappa shape index (κ2) is 10.1. The molecule has 0 bridgehead atoms. The zero-order valence-corrected chi connectivity index (χ0v) is 19.3. The van der Waals surface area contributed by atoms with E-state index in [1.165, 1.54) is 36.0 Å². The third-order valence-electron chi connectivity index (χ3n) is 5.38. The monoisotopic (exact) mass is 488 g/mol. The molecule has 176 valence electrons. The van der Waals surface area contributed by atoms with Gasteiger partial charge in [0.05, 0.1) is 17.0 Å². The first-order valence-corrected chi connectivity index (χ1v) is 12.0. The number of carbonyl (C=O) groups is 2. The third kappa shape index (κ3) is 5.38. The molecule has 1 fully saturated rings. The van der Waals surface area contributed by atoms with Crippen molar-refractivity contribution in [2.75, 3.05) is 16.4 Å². The van der Waals surface area contributed by atoms with Crippen LogP contribution in [-0.4, -0.2) is 37.3 Å². The van der Waals surface area contributed by atoms with Crippen LogP contribution in [-0.2, 0) is 4.79 Å². The average Bonchev–Trinajstić information content (AvgIpc) is 3.63. The van der Waals surface area contributed by atoms with Crippen LogP contribution in [0.1, 0.15) is 29.2 Å². The highest BCUT2D eigenvalue weighted by molar-refractivity contribution is 7.99. The quantitative estimate of drug-likeness (QED) is 0.346. The molecule has 1 saturated carbocycles. The fourth-order valence-electron chi connectivity index (χ4n) is 3.57. The molecular formula is C25H21FN6O2S. The second-order valence-corrected chi connectivity index (χ2v) is 8.94. The zero-order chi connectivity index (χ0) is 24.2. The van der Waals surface area contributed by atoms with Crippen molar-refractivity contribution in [1.82, 2.24) is 19.7 Å². The highest BCUT2D eigenvalue weighted by Gasteiger charge is 2.30. The standard InChI is InChI=1S/C25H21FN6O2S/c26-17-7-9-18(10-8-17)28-24(34)20-5-1-2-6-21(20)29-22(33)15-35-25-31-30-23(32(25)19-11-12-19)16-4-3-13-27-14-16/h1-10,13-14,19H,11-12,15H2,(H,28,34)(H,29,33). The van der Waals surface area contributed by atoms with Crippen LogP contribution in [0.15, 0.2) is 78.2 Å². The van der Waals surface area contributed by atoms with E-state index in [4.69, 9.17) is 0 Å². The lowest BCUT2D eigenvalue weighted by molar-refractivity contribution is -0.113. The van der Waals surface area contributed by atoms with Gasteiger partial charge in [-0.15, -0.1) is 10.2 Å². The van der Waals surface area contributed by atoms with Crippen LogP contribution in [0, 0.1) is 5.82 Å². The van der Waals surface area contributed by atoms with Gasteiger partial charge in [0.25, 0.3) is 5.91 Å². The molecular weight excluding hydrogens is 467 g/mol. The highest BCUT2D eigenvalue weighted by Crippen LogP contribution is 2.40. The van der Waals surface area contributed by atoms with Crippen LogP contribution in [0.4, 0.5) is 15.8 Å². The molecule has 0 radical (unpaired) electrons. The lowest BCUT2D eigenvalue weighted by Crippen LogP contribution is -2.19. The Morgan fingerprint density at radius 1 is 1.00 bits per heavy atom. The normalized spacial score (nSPS) is 12.8. The molecule has 2 aromatic carbocycles. The molecule has 2 N–H and O–H groups in total. The van der Waals surface area contributed by atoms with E-state index in [0.717, 1.165) is 24.2 Å². The zero-order valence-electron chi connectivity index (χ0n) is 18.5. The van der Waals surface area contributed by atoms with Crippen LogP contribution >= 0.6 is 11.8 Å². The van der Waals surface area contributed by atoms with Gasteiger partial charge in [-0.05, 0) is 61.4 Å². The Hall–Kier alpha value is -4.05. The van der Waals surface area contributed by atoms with E-state index in [-0.39, 0.29) is 11.7 Å². The molecule has 10 heteroatoms. The van der Waals surface area contributed by atoms with Crippen LogP contribution < -0.4 is 10.6 Å². The predicted octanol–water partition coefficient (Wildman–Crippen LogP) is 4.80. The molecule has 2 amide bonds. The van der Waals surface area contributed by atoms with E-state index in [2.05, 4.69) is 30.4 Å². The van der Waals surface area contributed by atoms with Gasteiger partial charge in [0.1, 0.15) is 5.82 Å². The Morgan fingerprint density at radius 2 is 1.80 bits per heavy atom. The van der Waals surface area contributed by atoms with E-state index >= 15 is 0 Å². The summed E-state index contributed by atoms with van der Waals surface area (Å²) in [6, 6.07) is 16.3. The average molecular weight is 489 g/mol. The summed E-state index contributed by atoms with van der Waals surface area (Å²) in [4.78, 5) is 29.7.